The molecule has 1 aliphatic heterocycles. The molecule has 0 aromatic heterocycles. The second-order valence-corrected chi connectivity index (χ2v) is 9.85. The lowest BCUT2D eigenvalue weighted by molar-refractivity contribution is 0.323. The first-order valence-electron chi connectivity index (χ1n) is 9.19. The standard InChI is InChI=1S/C20H24N4O3S2/c1-6-28-20(29-7-2)19(11-22)16(18(19,10-21)17(23)24-20)12-8-13(25-3)15(27-5)14(9-12)26-4/h8-9,16H,6-7H2,1-5H3,(H2,23,24). The Morgan fingerprint density at radius 2 is 1.59 bits per heavy atom. The maximum atomic E-state index is 10.4. The summed E-state index contributed by atoms with van der Waals surface area (Å²) < 4.78 is 15.5. The van der Waals surface area contributed by atoms with Gasteiger partial charge in [-0.1, -0.05) is 13.8 Å². The van der Waals surface area contributed by atoms with Crippen LogP contribution in [0.3, 0.4) is 0 Å². The van der Waals surface area contributed by atoms with Gasteiger partial charge in [0.15, 0.2) is 15.7 Å². The van der Waals surface area contributed by atoms with Gasteiger partial charge in [-0.2, -0.15) is 10.5 Å². The molecule has 0 radical (unpaired) electrons. The summed E-state index contributed by atoms with van der Waals surface area (Å²) >= 11 is 3.12. The lowest BCUT2D eigenvalue weighted by Crippen LogP contribution is -2.31. The van der Waals surface area contributed by atoms with Gasteiger partial charge in [0.1, 0.15) is 16.7 Å². The van der Waals surface area contributed by atoms with Gasteiger partial charge in [0.2, 0.25) is 5.75 Å². The SMILES string of the molecule is CCSC1(SCC)N=C(N)C2(C#N)C(c3cc(OC)c(OC)c(OC)c3)C12C#N. The Bertz CT molecular complexity index is 908. The van der Waals surface area contributed by atoms with Crippen LogP contribution in [0.1, 0.15) is 25.3 Å². The summed E-state index contributed by atoms with van der Waals surface area (Å²) in [5.74, 6) is 2.67. The minimum Gasteiger partial charge on any atom is -0.493 e. The average Bonchev–Trinajstić information content (AvgIpc) is 3.31. The monoisotopic (exact) mass is 432 g/mol. The number of nitriles is 2. The number of methoxy groups -OCH3 is 3. The largest absolute Gasteiger partial charge is 0.493 e. The molecule has 1 aromatic rings. The van der Waals surface area contributed by atoms with E-state index in [9.17, 15) is 10.5 Å². The van der Waals surface area contributed by atoms with Crippen molar-refractivity contribution in [2.45, 2.75) is 24.0 Å². The highest BCUT2D eigenvalue weighted by Crippen LogP contribution is 2.85. The first-order chi connectivity index (χ1) is 13.9. The van der Waals surface area contributed by atoms with E-state index < -0.39 is 21.0 Å². The number of rotatable bonds is 8. The average molecular weight is 433 g/mol. The third-order valence-corrected chi connectivity index (χ3v) is 8.52. The number of hydrogen-bond donors (Lipinski definition) is 1. The van der Waals surface area contributed by atoms with Gasteiger partial charge < -0.3 is 19.9 Å². The van der Waals surface area contributed by atoms with E-state index in [1.54, 1.807) is 35.7 Å². The fraction of sp³-hybridized carbons (Fsp3) is 0.550. The summed E-state index contributed by atoms with van der Waals surface area (Å²) in [5, 5.41) is 20.6. The molecule has 0 bridgehead atoms. The van der Waals surface area contributed by atoms with Crippen LogP contribution in [-0.2, 0) is 0 Å². The fourth-order valence-electron chi connectivity index (χ4n) is 4.52. The molecule has 0 spiro atoms. The summed E-state index contributed by atoms with van der Waals surface area (Å²) in [6.07, 6.45) is 0. The Labute approximate surface area is 179 Å². The minimum absolute atomic E-state index is 0.224. The van der Waals surface area contributed by atoms with Crippen LogP contribution in [0.2, 0.25) is 0 Å². The molecular weight excluding hydrogens is 408 g/mol. The third-order valence-electron chi connectivity index (χ3n) is 5.63. The highest BCUT2D eigenvalue weighted by Gasteiger charge is 2.92. The first kappa shape index (κ1) is 21.5. The number of aliphatic imine (C=N–C) groups is 1. The highest BCUT2D eigenvalue weighted by molar-refractivity contribution is 8.18. The molecule has 0 amide bonds. The third kappa shape index (κ3) is 2.47. The number of nitrogens with two attached hydrogens (primary N) is 1. The van der Waals surface area contributed by atoms with E-state index in [0.717, 1.165) is 17.1 Å². The van der Waals surface area contributed by atoms with Crippen molar-refractivity contribution in [3.05, 3.63) is 17.7 Å². The summed E-state index contributed by atoms with van der Waals surface area (Å²) in [5.41, 5.74) is 4.84. The van der Waals surface area contributed by atoms with Gasteiger partial charge in [0.25, 0.3) is 0 Å². The Hall–Kier alpha value is -2.23. The summed E-state index contributed by atoms with van der Waals surface area (Å²) in [6.45, 7) is 4.03. The maximum absolute atomic E-state index is 10.4. The van der Waals surface area contributed by atoms with Crippen molar-refractivity contribution in [3.63, 3.8) is 0 Å². The molecule has 7 nitrogen and oxygen atoms in total. The molecule has 29 heavy (non-hydrogen) atoms. The number of thioether (sulfide) groups is 2. The maximum Gasteiger partial charge on any atom is 0.203 e. The second-order valence-electron chi connectivity index (χ2n) is 6.68. The lowest BCUT2D eigenvalue weighted by Gasteiger charge is -2.31. The topological polar surface area (TPSA) is 114 Å². The van der Waals surface area contributed by atoms with Crippen molar-refractivity contribution in [2.24, 2.45) is 21.6 Å². The summed E-state index contributed by atoms with van der Waals surface area (Å²) in [6, 6.07) is 8.44. The number of hydrogen-bond acceptors (Lipinski definition) is 9. The van der Waals surface area contributed by atoms with Crippen LogP contribution in [0, 0.1) is 33.5 Å². The van der Waals surface area contributed by atoms with Crippen LogP contribution in [-0.4, -0.2) is 42.9 Å². The van der Waals surface area contributed by atoms with E-state index in [0.29, 0.717) is 17.2 Å². The van der Waals surface area contributed by atoms with Gasteiger partial charge in [-0.05, 0) is 29.2 Å². The first-order valence-corrected chi connectivity index (χ1v) is 11.2. The molecule has 3 atom stereocenters. The fourth-order valence-corrected chi connectivity index (χ4v) is 7.77. The van der Waals surface area contributed by atoms with E-state index in [4.69, 9.17) is 24.9 Å². The molecule has 2 aliphatic rings. The Balaban J connectivity index is 2.26. The summed E-state index contributed by atoms with van der Waals surface area (Å²) in [4.78, 5) is 4.70. The number of ether oxygens (including phenoxy) is 3. The Morgan fingerprint density at radius 3 is 1.97 bits per heavy atom. The Kier molecular flexibility index (Phi) is 5.59. The van der Waals surface area contributed by atoms with Crippen molar-refractivity contribution in [1.82, 2.24) is 0 Å². The van der Waals surface area contributed by atoms with E-state index >= 15 is 0 Å². The van der Waals surface area contributed by atoms with E-state index in [1.807, 2.05) is 13.8 Å². The number of benzene rings is 1. The van der Waals surface area contributed by atoms with Crippen molar-refractivity contribution in [2.75, 3.05) is 32.8 Å². The van der Waals surface area contributed by atoms with E-state index in [-0.39, 0.29) is 5.84 Å². The number of amidine groups is 1. The van der Waals surface area contributed by atoms with Gasteiger partial charge in [-0.15, -0.1) is 23.5 Å². The molecule has 2 N–H and O–H groups in total. The number of fused-ring (bicyclic) bond motifs is 1. The van der Waals surface area contributed by atoms with Crippen LogP contribution >= 0.6 is 23.5 Å². The van der Waals surface area contributed by atoms with Crippen LogP contribution in [0.4, 0.5) is 0 Å². The molecule has 1 heterocycles. The molecule has 3 rings (SSSR count). The van der Waals surface area contributed by atoms with Crippen LogP contribution in [0.5, 0.6) is 17.2 Å². The van der Waals surface area contributed by atoms with Crippen molar-refractivity contribution in [3.8, 4) is 29.4 Å². The minimum atomic E-state index is -1.18. The van der Waals surface area contributed by atoms with Gasteiger partial charge >= 0.3 is 0 Å². The zero-order valence-electron chi connectivity index (χ0n) is 17.1. The van der Waals surface area contributed by atoms with Crippen molar-refractivity contribution >= 4 is 29.4 Å². The van der Waals surface area contributed by atoms with Crippen molar-refractivity contribution < 1.29 is 14.2 Å². The van der Waals surface area contributed by atoms with E-state index in [2.05, 4.69) is 12.1 Å². The predicted molar refractivity (Wildman–Crippen MR) is 116 cm³/mol. The predicted octanol–water partition coefficient (Wildman–Crippen LogP) is 3.36. The van der Waals surface area contributed by atoms with Crippen LogP contribution in [0.25, 0.3) is 0 Å². The molecule has 1 saturated carbocycles. The van der Waals surface area contributed by atoms with Crippen molar-refractivity contribution in [1.29, 1.82) is 10.5 Å². The quantitative estimate of drug-likeness (QED) is 0.622. The van der Waals surface area contributed by atoms with Crippen LogP contribution in [0.15, 0.2) is 17.1 Å². The zero-order chi connectivity index (χ0) is 21.4. The molecule has 9 heteroatoms. The Morgan fingerprint density at radius 1 is 1.03 bits per heavy atom. The van der Waals surface area contributed by atoms with Gasteiger partial charge in [0.05, 0.1) is 33.5 Å². The highest BCUT2D eigenvalue weighted by atomic mass is 32.2. The molecule has 1 fully saturated rings. The van der Waals surface area contributed by atoms with Crippen LogP contribution < -0.4 is 19.9 Å². The van der Waals surface area contributed by atoms with Gasteiger partial charge in [0, 0.05) is 5.92 Å². The van der Waals surface area contributed by atoms with Gasteiger partial charge in [-0.3, -0.25) is 0 Å². The molecular formula is C20H24N4O3S2. The molecule has 3 unspecified atom stereocenters. The molecule has 0 saturated heterocycles. The summed E-state index contributed by atoms with van der Waals surface area (Å²) in [7, 11) is 4.61. The zero-order valence-corrected chi connectivity index (χ0v) is 18.7. The molecule has 1 aromatic carbocycles. The molecule has 1 aliphatic carbocycles. The smallest absolute Gasteiger partial charge is 0.203 e. The molecule has 154 valence electrons. The lowest BCUT2D eigenvalue weighted by atomic mass is 9.97. The normalized spacial score (nSPS) is 28.5. The van der Waals surface area contributed by atoms with E-state index in [1.165, 1.54) is 21.3 Å². The van der Waals surface area contributed by atoms with Gasteiger partial charge in [-0.25, -0.2) is 4.99 Å². The second kappa shape index (κ2) is 7.55. The number of nitrogens with zero attached hydrogens (tertiary/aromatic N) is 3.